The van der Waals surface area contributed by atoms with Crippen molar-refractivity contribution in [2.75, 3.05) is 12.8 Å². The Labute approximate surface area is 279 Å². The topological polar surface area (TPSA) is 207 Å². The maximum atomic E-state index is 11.5. The minimum Gasteiger partial charge on any atom is -0.744 e. The molecule has 0 heterocycles. The Kier molecular flexibility index (Phi) is 10.3. The summed E-state index contributed by atoms with van der Waals surface area (Å²) in [5.74, 6) is 0.188. The summed E-state index contributed by atoms with van der Waals surface area (Å²) >= 11 is 0. The Bertz CT molecular complexity index is 2070. The van der Waals surface area contributed by atoms with Gasteiger partial charge in [0, 0.05) is 6.07 Å². The number of nitrogens with zero attached hydrogens (tertiary/aromatic N) is 6. The molecule has 0 aromatic heterocycles. The molecule has 0 spiro atoms. The molecule has 5 rings (SSSR count). The van der Waals surface area contributed by atoms with Crippen LogP contribution in [0.3, 0.4) is 0 Å². The van der Waals surface area contributed by atoms with Gasteiger partial charge in [0.15, 0.2) is 0 Å². The van der Waals surface area contributed by atoms with E-state index < -0.39 is 20.8 Å². The van der Waals surface area contributed by atoms with Crippen molar-refractivity contribution in [2.45, 2.75) is 11.8 Å². The number of azo groups is 3. The van der Waals surface area contributed by atoms with Gasteiger partial charge in [-0.15, -0.1) is 15.3 Å². The van der Waals surface area contributed by atoms with Crippen LogP contribution in [0.15, 0.2) is 121 Å². The van der Waals surface area contributed by atoms with Gasteiger partial charge < -0.3 is 25.2 Å². The van der Waals surface area contributed by atoms with Gasteiger partial charge in [-0.05, 0) is 90.7 Å². The largest absolute Gasteiger partial charge is 1.00 e. The summed E-state index contributed by atoms with van der Waals surface area (Å²) in [7, 11) is -3.29. The number of nitrogen functional groups attached to an aromatic ring is 1. The van der Waals surface area contributed by atoms with E-state index in [2.05, 4.69) is 30.7 Å². The minimum atomic E-state index is -4.81. The molecule has 45 heavy (non-hydrogen) atoms. The smallest absolute Gasteiger partial charge is 0.744 e. The summed E-state index contributed by atoms with van der Waals surface area (Å²) in [6, 6.07) is 21.4. The summed E-state index contributed by atoms with van der Waals surface area (Å²) in [4.78, 5) is -0.586. The van der Waals surface area contributed by atoms with E-state index in [4.69, 9.17) is 10.5 Å². The third kappa shape index (κ3) is 7.87. The van der Waals surface area contributed by atoms with E-state index in [9.17, 15) is 23.2 Å². The van der Waals surface area contributed by atoms with Crippen LogP contribution in [0.2, 0.25) is 0 Å². The quantitative estimate of drug-likeness (QED) is 0.0887. The van der Waals surface area contributed by atoms with Gasteiger partial charge >= 0.3 is 29.6 Å². The zero-order chi connectivity index (χ0) is 31.4. The van der Waals surface area contributed by atoms with Gasteiger partial charge in [-0.2, -0.15) is 15.3 Å². The third-order valence-electron chi connectivity index (χ3n) is 6.37. The molecule has 0 aliphatic heterocycles. The second-order valence-electron chi connectivity index (χ2n) is 9.44. The maximum Gasteiger partial charge on any atom is 1.00 e. The average molecular weight is 634 g/mol. The second-order valence-corrected chi connectivity index (χ2v) is 10.8. The first-order chi connectivity index (χ1) is 21.0. The number of phenolic OH excluding ortho intramolecular Hbond substituents is 2. The molecule has 0 atom stereocenters. The molecule has 0 saturated heterocycles. The van der Waals surface area contributed by atoms with Gasteiger partial charge in [0.25, 0.3) is 0 Å². The van der Waals surface area contributed by atoms with Crippen LogP contribution >= 0.6 is 0 Å². The number of nitrogens with two attached hydrogens (primary N) is 1. The summed E-state index contributed by atoms with van der Waals surface area (Å²) < 4.78 is 40.0. The van der Waals surface area contributed by atoms with Crippen molar-refractivity contribution in [3.8, 4) is 17.2 Å². The molecule has 0 unspecified atom stereocenters. The van der Waals surface area contributed by atoms with Crippen molar-refractivity contribution in [3.05, 3.63) is 90.5 Å². The molecule has 5 aromatic carbocycles. The van der Waals surface area contributed by atoms with Crippen LogP contribution < -0.4 is 40.0 Å². The van der Waals surface area contributed by atoms with Gasteiger partial charge in [0.05, 0.1) is 40.1 Å². The summed E-state index contributed by atoms with van der Waals surface area (Å²) in [5.41, 5.74) is 9.41. The van der Waals surface area contributed by atoms with Crippen LogP contribution in [0.5, 0.6) is 17.2 Å². The summed E-state index contributed by atoms with van der Waals surface area (Å²) in [6.07, 6.45) is 0. The van der Waals surface area contributed by atoms with Gasteiger partial charge in [-0.1, -0.05) is 6.07 Å². The normalized spacial score (nSPS) is 11.9. The SMILES string of the molecule is COc1cc(N=Nc2ccc(N=Nc3ccc(O)cc3)cc2)c(N=Nc2c(N)ccc3cc(S(=O)(=O)[O-])cc(O)c23)cc1C.[Na+]. The van der Waals surface area contributed by atoms with E-state index in [1.807, 2.05) is 6.92 Å². The number of benzene rings is 5. The van der Waals surface area contributed by atoms with E-state index in [0.29, 0.717) is 34.2 Å². The van der Waals surface area contributed by atoms with Gasteiger partial charge in [-0.3, -0.25) is 0 Å². The molecule has 0 aliphatic carbocycles. The number of methoxy groups -OCH3 is 1. The first-order valence-electron chi connectivity index (χ1n) is 12.9. The number of fused-ring (bicyclic) bond motifs is 1. The molecule has 222 valence electrons. The number of hydrogen-bond donors (Lipinski definition) is 3. The fraction of sp³-hybridized carbons (Fsp3) is 0.0667. The predicted octanol–water partition coefficient (Wildman–Crippen LogP) is 5.30. The van der Waals surface area contributed by atoms with Crippen molar-refractivity contribution in [1.82, 2.24) is 0 Å². The zero-order valence-electron chi connectivity index (χ0n) is 24.3. The number of aromatic hydroxyl groups is 2. The molecule has 15 heteroatoms. The fourth-order valence-corrected chi connectivity index (χ4v) is 4.67. The van der Waals surface area contributed by atoms with Gasteiger partial charge in [0.1, 0.15) is 44.4 Å². The van der Waals surface area contributed by atoms with Crippen LogP contribution in [-0.2, 0) is 10.1 Å². The number of aryl methyl sites for hydroxylation is 1. The Balaban J connectivity index is 0.00000461. The maximum absolute atomic E-state index is 11.5. The third-order valence-corrected chi connectivity index (χ3v) is 7.18. The average Bonchev–Trinajstić information content (AvgIpc) is 3.00. The molecular weight excluding hydrogens is 609 g/mol. The van der Waals surface area contributed by atoms with Crippen molar-refractivity contribution in [2.24, 2.45) is 30.7 Å². The number of anilines is 1. The molecule has 0 fully saturated rings. The summed E-state index contributed by atoms with van der Waals surface area (Å²) in [6.45, 7) is 1.81. The van der Waals surface area contributed by atoms with Gasteiger partial charge in [0.2, 0.25) is 0 Å². The second kappa shape index (κ2) is 13.9. The Morgan fingerprint density at radius 1 is 0.733 bits per heavy atom. The minimum absolute atomic E-state index is 0. The molecule has 0 amide bonds. The van der Waals surface area contributed by atoms with E-state index >= 15 is 0 Å². The molecule has 0 saturated carbocycles. The fourth-order valence-electron chi connectivity index (χ4n) is 4.14. The van der Waals surface area contributed by atoms with Crippen LogP contribution in [0, 0.1) is 6.92 Å². The van der Waals surface area contributed by atoms with Crippen molar-refractivity contribution >= 4 is 60.7 Å². The molecule has 5 aromatic rings. The zero-order valence-corrected chi connectivity index (χ0v) is 27.1. The number of rotatable bonds is 8. The van der Waals surface area contributed by atoms with E-state index in [-0.39, 0.29) is 57.5 Å². The first-order valence-corrected chi connectivity index (χ1v) is 14.3. The molecule has 0 bridgehead atoms. The standard InChI is InChI=1S/C30H25N7O6S.Na/c1-17-13-25(36-37-30-24(31)12-3-18-14-23(44(40,41)42)15-27(39)29(18)30)26(16-28(17)43-2)35-34-20-6-4-19(5-7-20)32-33-21-8-10-22(38)11-9-21;/h3-16,38-39H,31H2,1-2H3,(H,40,41,42);/q;+1/p-1. The number of ether oxygens (including phenoxy) is 1. The van der Waals surface area contributed by atoms with Crippen LogP contribution in [0.25, 0.3) is 10.8 Å². The Hall–Kier alpha value is -4.73. The number of phenols is 2. The van der Waals surface area contributed by atoms with E-state index in [1.165, 1.54) is 31.4 Å². The van der Waals surface area contributed by atoms with E-state index in [1.54, 1.807) is 48.5 Å². The van der Waals surface area contributed by atoms with Gasteiger partial charge in [-0.25, -0.2) is 8.42 Å². The van der Waals surface area contributed by atoms with Crippen LogP contribution in [-0.4, -0.2) is 30.3 Å². The molecule has 4 N–H and O–H groups in total. The predicted molar refractivity (Wildman–Crippen MR) is 163 cm³/mol. The summed E-state index contributed by atoms with van der Waals surface area (Å²) in [5, 5.41) is 45.9. The Morgan fingerprint density at radius 2 is 1.27 bits per heavy atom. The molecule has 0 radical (unpaired) electrons. The molecule has 13 nitrogen and oxygen atoms in total. The molecular formula is C30H24N7NaO6S. The van der Waals surface area contributed by atoms with Crippen LogP contribution in [0.4, 0.5) is 39.8 Å². The number of hydrogen-bond acceptors (Lipinski definition) is 13. The molecule has 0 aliphatic rings. The van der Waals surface area contributed by atoms with Crippen molar-refractivity contribution in [1.29, 1.82) is 0 Å². The first kappa shape index (κ1) is 33.2. The Morgan fingerprint density at radius 3 is 1.84 bits per heavy atom. The van der Waals surface area contributed by atoms with Crippen molar-refractivity contribution < 1.29 is 57.5 Å². The van der Waals surface area contributed by atoms with E-state index in [0.717, 1.165) is 17.7 Å². The van der Waals surface area contributed by atoms with Crippen molar-refractivity contribution in [3.63, 3.8) is 0 Å². The van der Waals surface area contributed by atoms with Crippen LogP contribution in [0.1, 0.15) is 5.56 Å². The monoisotopic (exact) mass is 633 g/mol.